The summed E-state index contributed by atoms with van der Waals surface area (Å²) in [7, 11) is 0. The molecule has 0 radical (unpaired) electrons. The lowest BCUT2D eigenvalue weighted by Crippen LogP contribution is -2.24. The molecule has 1 aliphatic heterocycles. The summed E-state index contributed by atoms with van der Waals surface area (Å²) >= 11 is 1.32. The molecule has 2 aromatic heterocycles. The van der Waals surface area contributed by atoms with Gasteiger partial charge in [0.05, 0.1) is 10.3 Å². The summed E-state index contributed by atoms with van der Waals surface area (Å²) in [6.07, 6.45) is 4.01. The fraction of sp³-hybridized carbons (Fsp3) is 0.381. The van der Waals surface area contributed by atoms with Crippen molar-refractivity contribution in [2.24, 2.45) is 0 Å². The average Bonchev–Trinajstić information content (AvgIpc) is 2.80. The monoisotopic (exact) mass is 381 g/mol. The second kappa shape index (κ2) is 6.93. The third-order valence-electron chi connectivity index (χ3n) is 5.34. The van der Waals surface area contributed by atoms with Gasteiger partial charge in [-0.15, -0.1) is 11.3 Å². The lowest BCUT2D eigenvalue weighted by Gasteiger charge is -2.11. The number of hydrogen-bond acceptors (Lipinski definition) is 4. The number of nitrogens with zero attached hydrogens (tertiary/aromatic N) is 2. The lowest BCUT2D eigenvalue weighted by atomic mass is 10.1. The Hall–Kier alpha value is -2.47. The Morgan fingerprint density at radius 1 is 1.15 bits per heavy atom. The Morgan fingerprint density at radius 2 is 1.89 bits per heavy atom. The Morgan fingerprint density at radius 3 is 2.63 bits per heavy atom. The number of amides is 1. The van der Waals surface area contributed by atoms with E-state index in [0.29, 0.717) is 15.1 Å². The molecule has 5 nitrogen and oxygen atoms in total. The van der Waals surface area contributed by atoms with Crippen molar-refractivity contribution in [2.45, 2.75) is 53.0 Å². The zero-order valence-corrected chi connectivity index (χ0v) is 16.7. The number of fused-ring (bicyclic) bond motifs is 2. The van der Waals surface area contributed by atoms with Crippen LogP contribution in [-0.4, -0.2) is 15.5 Å². The standard InChI is InChI=1S/C21H23N3O2S/c1-12-8-7-9-13(2)17(12)23-19(25)18-14(3)16-20(27-18)22-15-10-5-4-6-11-24(15)21(16)26/h7-9H,4-6,10-11H2,1-3H3,(H,23,25). The van der Waals surface area contributed by atoms with E-state index in [0.717, 1.165) is 60.4 Å². The van der Waals surface area contributed by atoms with Crippen LogP contribution in [0, 0.1) is 20.8 Å². The summed E-state index contributed by atoms with van der Waals surface area (Å²) in [5.74, 6) is 0.681. The number of para-hydroxylation sites is 1. The van der Waals surface area contributed by atoms with E-state index < -0.39 is 0 Å². The highest BCUT2D eigenvalue weighted by atomic mass is 32.1. The molecule has 6 heteroatoms. The van der Waals surface area contributed by atoms with E-state index in [1.807, 2.05) is 43.5 Å². The number of carbonyl (C=O) groups excluding carboxylic acids is 1. The summed E-state index contributed by atoms with van der Waals surface area (Å²) in [5, 5.41) is 3.63. The highest BCUT2D eigenvalue weighted by molar-refractivity contribution is 7.20. The zero-order valence-electron chi connectivity index (χ0n) is 15.9. The molecule has 0 fully saturated rings. The van der Waals surface area contributed by atoms with E-state index in [2.05, 4.69) is 5.32 Å². The second-order valence-electron chi connectivity index (χ2n) is 7.25. The fourth-order valence-corrected chi connectivity index (χ4v) is 4.89. The number of aromatic nitrogens is 2. The first-order valence-corrected chi connectivity index (χ1v) is 10.2. The maximum absolute atomic E-state index is 13.0. The summed E-state index contributed by atoms with van der Waals surface area (Å²) < 4.78 is 1.81. The van der Waals surface area contributed by atoms with E-state index >= 15 is 0 Å². The third-order valence-corrected chi connectivity index (χ3v) is 6.52. The van der Waals surface area contributed by atoms with Crippen LogP contribution < -0.4 is 10.9 Å². The van der Waals surface area contributed by atoms with Gasteiger partial charge in [-0.1, -0.05) is 24.6 Å². The fourth-order valence-electron chi connectivity index (χ4n) is 3.81. The Bertz CT molecular complexity index is 1090. The van der Waals surface area contributed by atoms with Gasteiger partial charge in [-0.2, -0.15) is 0 Å². The number of hydrogen-bond donors (Lipinski definition) is 1. The molecule has 0 saturated heterocycles. The number of carbonyl (C=O) groups is 1. The molecule has 1 aliphatic rings. The Labute approximate surface area is 162 Å². The molecule has 0 bridgehead atoms. The molecule has 0 unspecified atom stereocenters. The van der Waals surface area contributed by atoms with Gasteiger partial charge in [-0.05, 0) is 50.3 Å². The van der Waals surface area contributed by atoms with Crippen molar-refractivity contribution in [1.29, 1.82) is 0 Å². The predicted octanol–water partition coefficient (Wildman–Crippen LogP) is 4.36. The van der Waals surface area contributed by atoms with Crippen molar-refractivity contribution in [1.82, 2.24) is 9.55 Å². The van der Waals surface area contributed by atoms with Crippen LogP contribution >= 0.6 is 11.3 Å². The topological polar surface area (TPSA) is 64.0 Å². The maximum atomic E-state index is 13.0. The highest BCUT2D eigenvalue weighted by Crippen LogP contribution is 2.30. The van der Waals surface area contributed by atoms with E-state index in [1.165, 1.54) is 11.3 Å². The normalized spacial score (nSPS) is 14.0. The maximum Gasteiger partial charge on any atom is 0.266 e. The van der Waals surface area contributed by atoms with Crippen LogP contribution in [0.2, 0.25) is 0 Å². The van der Waals surface area contributed by atoms with Crippen molar-refractivity contribution < 1.29 is 4.79 Å². The van der Waals surface area contributed by atoms with Gasteiger partial charge < -0.3 is 5.32 Å². The van der Waals surface area contributed by atoms with Crippen molar-refractivity contribution in [3.63, 3.8) is 0 Å². The van der Waals surface area contributed by atoms with Crippen molar-refractivity contribution >= 4 is 33.1 Å². The molecular weight excluding hydrogens is 358 g/mol. The summed E-state index contributed by atoms with van der Waals surface area (Å²) in [6.45, 7) is 6.53. The van der Waals surface area contributed by atoms with Crippen LogP contribution in [0.15, 0.2) is 23.0 Å². The first kappa shape index (κ1) is 17.9. The number of benzene rings is 1. The van der Waals surface area contributed by atoms with Gasteiger partial charge in [0.15, 0.2) is 0 Å². The van der Waals surface area contributed by atoms with E-state index in [4.69, 9.17) is 4.98 Å². The van der Waals surface area contributed by atoms with Crippen LogP contribution in [0.4, 0.5) is 5.69 Å². The molecular formula is C21H23N3O2S. The molecule has 0 saturated carbocycles. The Balaban J connectivity index is 1.79. The van der Waals surface area contributed by atoms with Gasteiger partial charge >= 0.3 is 0 Å². The lowest BCUT2D eigenvalue weighted by molar-refractivity contribution is 0.103. The molecule has 0 spiro atoms. The zero-order chi connectivity index (χ0) is 19.1. The summed E-state index contributed by atoms with van der Waals surface area (Å²) in [5.41, 5.74) is 3.60. The van der Waals surface area contributed by atoms with Gasteiger partial charge in [-0.25, -0.2) is 4.98 Å². The Kier molecular flexibility index (Phi) is 4.60. The number of aryl methyl sites for hydroxylation is 4. The quantitative estimate of drug-likeness (QED) is 0.717. The minimum atomic E-state index is -0.174. The number of anilines is 1. The minimum Gasteiger partial charge on any atom is -0.321 e. The molecule has 1 aromatic carbocycles. The van der Waals surface area contributed by atoms with Gasteiger partial charge in [0, 0.05) is 18.7 Å². The molecule has 1 N–H and O–H groups in total. The van der Waals surface area contributed by atoms with Crippen LogP contribution in [0.5, 0.6) is 0 Å². The predicted molar refractivity (Wildman–Crippen MR) is 110 cm³/mol. The first-order chi connectivity index (χ1) is 13.0. The first-order valence-electron chi connectivity index (χ1n) is 9.37. The SMILES string of the molecule is Cc1cccc(C)c1NC(=O)c1sc2nc3n(c(=O)c2c1C)CCCCC3. The molecule has 0 atom stereocenters. The molecule has 3 aromatic rings. The van der Waals surface area contributed by atoms with Gasteiger partial charge in [0.25, 0.3) is 11.5 Å². The molecule has 4 rings (SSSR count). The molecule has 3 heterocycles. The number of rotatable bonds is 2. The number of nitrogens with one attached hydrogen (secondary N) is 1. The van der Waals surface area contributed by atoms with Crippen molar-refractivity contribution in [3.05, 3.63) is 55.9 Å². The summed E-state index contributed by atoms with van der Waals surface area (Å²) in [4.78, 5) is 32.0. The molecule has 1 amide bonds. The van der Waals surface area contributed by atoms with Crippen molar-refractivity contribution in [2.75, 3.05) is 5.32 Å². The minimum absolute atomic E-state index is 0.00299. The molecule has 27 heavy (non-hydrogen) atoms. The third kappa shape index (κ3) is 3.08. The smallest absolute Gasteiger partial charge is 0.266 e. The van der Waals surface area contributed by atoms with Crippen molar-refractivity contribution in [3.8, 4) is 0 Å². The van der Waals surface area contributed by atoms with E-state index in [1.54, 1.807) is 0 Å². The largest absolute Gasteiger partial charge is 0.321 e. The van der Waals surface area contributed by atoms with E-state index in [9.17, 15) is 9.59 Å². The van der Waals surface area contributed by atoms with Gasteiger partial charge in [0.2, 0.25) is 0 Å². The number of thiophene rings is 1. The second-order valence-corrected chi connectivity index (χ2v) is 8.25. The van der Waals surface area contributed by atoms with Crippen LogP contribution in [0.3, 0.4) is 0 Å². The summed E-state index contributed by atoms with van der Waals surface area (Å²) in [6, 6.07) is 5.93. The van der Waals surface area contributed by atoms with Crippen LogP contribution in [-0.2, 0) is 13.0 Å². The van der Waals surface area contributed by atoms with Gasteiger partial charge in [0.1, 0.15) is 10.7 Å². The van der Waals surface area contributed by atoms with Crippen LogP contribution in [0.1, 0.15) is 51.4 Å². The average molecular weight is 382 g/mol. The molecule has 0 aliphatic carbocycles. The molecule has 140 valence electrons. The van der Waals surface area contributed by atoms with E-state index in [-0.39, 0.29) is 11.5 Å². The van der Waals surface area contributed by atoms with Crippen LogP contribution in [0.25, 0.3) is 10.2 Å². The van der Waals surface area contributed by atoms with Gasteiger partial charge in [-0.3, -0.25) is 14.2 Å². The highest BCUT2D eigenvalue weighted by Gasteiger charge is 2.22.